The Morgan fingerprint density at radius 1 is 1.19 bits per heavy atom. The minimum absolute atomic E-state index is 0.262. The molecule has 1 unspecified atom stereocenters. The van der Waals surface area contributed by atoms with Crippen molar-refractivity contribution in [2.75, 3.05) is 5.73 Å². The Bertz CT molecular complexity index is 1130. The van der Waals surface area contributed by atoms with Gasteiger partial charge in [-0.05, 0) is 37.3 Å². The van der Waals surface area contributed by atoms with Gasteiger partial charge in [-0.2, -0.15) is 0 Å². The second kappa shape index (κ2) is 6.93. The van der Waals surface area contributed by atoms with Crippen molar-refractivity contribution in [2.24, 2.45) is 0 Å². The molecule has 1 atom stereocenters. The highest BCUT2D eigenvalue weighted by atomic mass is 35.5. The third-order valence-electron chi connectivity index (χ3n) is 4.48. The van der Waals surface area contributed by atoms with Gasteiger partial charge in [-0.1, -0.05) is 29.8 Å². The first-order chi connectivity index (χ1) is 13.0. The van der Waals surface area contributed by atoms with Crippen molar-refractivity contribution < 1.29 is 9.13 Å². The predicted molar refractivity (Wildman–Crippen MR) is 106 cm³/mol. The van der Waals surface area contributed by atoms with Crippen molar-refractivity contribution in [1.82, 2.24) is 9.97 Å². The van der Waals surface area contributed by atoms with Crippen LogP contribution in [0.25, 0.3) is 22.0 Å². The molecule has 0 saturated carbocycles. The number of hydrogen-bond acceptors (Lipinski definition) is 3. The number of halogens is 2. The van der Waals surface area contributed by atoms with Crippen LogP contribution in [-0.4, -0.2) is 9.97 Å². The number of ether oxygens (including phenoxy) is 1. The predicted octanol–water partition coefficient (Wildman–Crippen LogP) is 5.74. The van der Waals surface area contributed by atoms with E-state index >= 15 is 0 Å². The first kappa shape index (κ1) is 17.4. The topological polar surface area (TPSA) is 63.9 Å². The molecule has 0 aliphatic carbocycles. The molecule has 27 heavy (non-hydrogen) atoms. The normalized spacial score (nSPS) is 12.3. The molecule has 0 amide bonds. The first-order valence-corrected chi connectivity index (χ1v) is 8.84. The average molecular weight is 382 g/mol. The summed E-state index contributed by atoms with van der Waals surface area (Å²) >= 11 is 6.18. The van der Waals surface area contributed by atoms with Gasteiger partial charge in [0.1, 0.15) is 11.9 Å². The van der Waals surface area contributed by atoms with Gasteiger partial charge in [0.25, 0.3) is 0 Å². The van der Waals surface area contributed by atoms with Crippen LogP contribution in [0.15, 0.2) is 60.9 Å². The molecule has 0 bridgehead atoms. The number of nitrogens with two attached hydrogens (primary N) is 1. The van der Waals surface area contributed by atoms with Crippen LogP contribution in [0.2, 0.25) is 5.02 Å². The number of rotatable bonds is 4. The summed E-state index contributed by atoms with van der Waals surface area (Å²) in [6.45, 7) is 1.79. The molecule has 3 N–H and O–H groups in total. The molecule has 0 saturated heterocycles. The molecule has 4 nitrogen and oxygen atoms in total. The molecule has 0 fully saturated rings. The number of para-hydroxylation sites is 1. The minimum atomic E-state index is -0.490. The molecule has 0 aliphatic heterocycles. The van der Waals surface area contributed by atoms with Crippen LogP contribution in [0.5, 0.6) is 5.75 Å². The van der Waals surface area contributed by atoms with Crippen molar-refractivity contribution in [3.63, 3.8) is 0 Å². The van der Waals surface area contributed by atoms with E-state index in [1.807, 2.05) is 36.5 Å². The summed E-state index contributed by atoms with van der Waals surface area (Å²) in [6, 6.07) is 14.0. The van der Waals surface area contributed by atoms with Gasteiger partial charge in [-0.25, -0.2) is 9.37 Å². The Hall–Kier alpha value is -3.05. The summed E-state index contributed by atoms with van der Waals surface area (Å²) in [5.41, 5.74) is 9.45. The summed E-state index contributed by atoms with van der Waals surface area (Å²) in [4.78, 5) is 7.50. The third kappa shape index (κ3) is 3.34. The Morgan fingerprint density at radius 3 is 2.85 bits per heavy atom. The van der Waals surface area contributed by atoms with E-state index in [0.717, 1.165) is 22.0 Å². The highest BCUT2D eigenvalue weighted by molar-refractivity contribution is 6.31. The van der Waals surface area contributed by atoms with Crippen molar-refractivity contribution >= 4 is 28.3 Å². The number of benzene rings is 2. The Balaban J connectivity index is 1.70. The average Bonchev–Trinajstić information content (AvgIpc) is 3.09. The monoisotopic (exact) mass is 381 g/mol. The maximum absolute atomic E-state index is 13.6. The largest absolute Gasteiger partial charge is 0.482 e. The van der Waals surface area contributed by atoms with E-state index in [-0.39, 0.29) is 11.6 Å². The van der Waals surface area contributed by atoms with E-state index in [1.54, 1.807) is 13.1 Å². The lowest BCUT2D eigenvalue weighted by atomic mass is 10.1. The van der Waals surface area contributed by atoms with Gasteiger partial charge >= 0.3 is 0 Å². The quantitative estimate of drug-likeness (QED) is 0.473. The smallest absolute Gasteiger partial charge is 0.166 e. The summed E-state index contributed by atoms with van der Waals surface area (Å²) in [5.74, 6) is 0.312. The van der Waals surface area contributed by atoms with Crippen molar-refractivity contribution in [3.05, 3.63) is 77.3 Å². The van der Waals surface area contributed by atoms with Gasteiger partial charge in [0, 0.05) is 45.0 Å². The second-order valence-electron chi connectivity index (χ2n) is 6.28. The third-order valence-corrected chi connectivity index (χ3v) is 4.83. The van der Waals surface area contributed by atoms with Gasteiger partial charge < -0.3 is 15.5 Å². The van der Waals surface area contributed by atoms with Crippen LogP contribution in [0.3, 0.4) is 0 Å². The fourth-order valence-corrected chi connectivity index (χ4v) is 3.36. The van der Waals surface area contributed by atoms with Gasteiger partial charge in [-0.15, -0.1) is 0 Å². The molecule has 136 valence electrons. The molecule has 0 radical (unpaired) electrons. The lowest BCUT2D eigenvalue weighted by Gasteiger charge is -2.18. The van der Waals surface area contributed by atoms with Crippen molar-refractivity contribution in [1.29, 1.82) is 0 Å². The fraction of sp³-hybridized carbons (Fsp3) is 0.0952. The minimum Gasteiger partial charge on any atom is -0.482 e. The number of aromatic nitrogens is 2. The van der Waals surface area contributed by atoms with E-state index in [0.29, 0.717) is 16.3 Å². The highest BCUT2D eigenvalue weighted by Gasteiger charge is 2.16. The molecular weight excluding hydrogens is 365 g/mol. The van der Waals surface area contributed by atoms with E-state index in [2.05, 4.69) is 9.97 Å². The molecule has 4 aromatic rings. The van der Waals surface area contributed by atoms with Gasteiger partial charge in [-0.3, -0.25) is 0 Å². The SMILES string of the molecule is CC(Oc1cc(-c2c[nH]c3ccccc23)cnc1N)c1cc(F)ccc1Cl. The van der Waals surface area contributed by atoms with E-state index in [1.165, 1.54) is 18.2 Å². The van der Waals surface area contributed by atoms with Gasteiger partial charge in [0.05, 0.1) is 0 Å². The van der Waals surface area contributed by atoms with Crippen LogP contribution in [-0.2, 0) is 0 Å². The van der Waals surface area contributed by atoms with Crippen molar-refractivity contribution in [3.8, 4) is 16.9 Å². The number of hydrogen-bond donors (Lipinski definition) is 2. The van der Waals surface area contributed by atoms with Gasteiger partial charge in [0.2, 0.25) is 0 Å². The van der Waals surface area contributed by atoms with Crippen LogP contribution < -0.4 is 10.5 Å². The molecule has 2 heterocycles. The van der Waals surface area contributed by atoms with Crippen LogP contribution >= 0.6 is 11.6 Å². The van der Waals surface area contributed by atoms with Crippen LogP contribution in [0.4, 0.5) is 10.2 Å². The molecule has 0 aliphatic rings. The summed E-state index contributed by atoms with van der Waals surface area (Å²) in [5, 5.41) is 1.51. The van der Waals surface area contributed by atoms with E-state index < -0.39 is 6.10 Å². The highest BCUT2D eigenvalue weighted by Crippen LogP contribution is 2.35. The molecule has 2 aromatic carbocycles. The number of aromatic amines is 1. The lowest BCUT2D eigenvalue weighted by Crippen LogP contribution is -2.07. The molecule has 6 heteroatoms. The van der Waals surface area contributed by atoms with Crippen LogP contribution in [0, 0.1) is 5.82 Å². The van der Waals surface area contributed by atoms with Crippen molar-refractivity contribution in [2.45, 2.75) is 13.0 Å². The molecular formula is C21H17ClFN3O. The molecule has 0 spiro atoms. The maximum atomic E-state index is 13.6. The number of nitrogens with one attached hydrogen (secondary N) is 1. The summed E-state index contributed by atoms with van der Waals surface area (Å²) in [6.07, 6.45) is 3.14. The standard InChI is InChI=1S/C21H17ClFN3O/c1-12(16-9-14(23)6-7-18(16)22)27-20-8-13(10-26-21(20)24)17-11-25-19-5-3-2-4-15(17)19/h2-12,25H,1H3,(H2,24,26). The number of pyridine rings is 1. The molecule has 2 aromatic heterocycles. The van der Waals surface area contributed by atoms with E-state index in [9.17, 15) is 4.39 Å². The van der Waals surface area contributed by atoms with Crippen LogP contribution in [0.1, 0.15) is 18.6 Å². The first-order valence-electron chi connectivity index (χ1n) is 8.46. The zero-order valence-electron chi connectivity index (χ0n) is 14.5. The zero-order valence-corrected chi connectivity index (χ0v) is 15.3. The van der Waals surface area contributed by atoms with E-state index in [4.69, 9.17) is 22.1 Å². The number of nitrogens with zero attached hydrogens (tertiary/aromatic N) is 1. The summed E-state index contributed by atoms with van der Waals surface area (Å²) in [7, 11) is 0. The number of nitrogen functional groups attached to an aromatic ring is 1. The number of fused-ring (bicyclic) bond motifs is 1. The zero-order chi connectivity index (χ0) is 19.0. The number of anilines is 1. The second-order valence-corrected chi connectivity index (χ2v) is 6.69. The number of H-pyrrole nitrogens is 1. The Kier molecular flexibility index (Phi) is 4.46. The van der Waals surface area contributed by atoms with Gasteiger partial charge in [0.15, 0.2) is 11.6 Å². The molecule has 4 rings (SSSR count). The lowest BCUT2D eigenvalue weighted by molar-refractivity contribution is 0.227. The maximum Gasteiger partial charge on any atom is 0.166 e. The Labute approximate surface area is 160 Å². The fourth-order valence-electron chi connectivity index (χ4n) is 3.09. The summed E-state index contributed by atoms with van der Waals surface area (Å²) < 4.78 is 19.5. The Morgan fingerprint density at radius 2 is 2.00 bits per heavy atom.